The molecule has 0 saturated carbocycles. The van der Waals surface area contributed by atoms with Gasteiger partial charge in [0, 0.05) is 0 Å². The van der Waals surface area contributed by atoms with Gasteiger partial charge in [0.25, 0.3) is 0 Å². The third-order valence-electron chi connectivity index (χ3n) is 4.09. The van der Waals surface area contributed by atoms with E-state index in [1.54, 1.807) is 52.0 Å². The molecule has 0 rings (SSSR count). The maximum atomic E-state index is 11.4. The Labute approximate surface area is 169 Å². The molecule has 1 unspecified atom stereocenters. The molecular weight excluding hydrogens is 350 g/mol. The predicted molar refractivity (Wildman–Crippen MR) is 117 cm³/mol. The van der Waals surface area contributed by atoms with Crippen molar-refractivity contribution in [1.82, 2.24) is 0 Å². The fourth-order valence-corrected chi connectivity index (χ4v) is 2.18. The van der Waals surface area contributed by atoms with Crippen LogP contribution in [0, 0.1) is 17.3 Å². The van der Waals surface area contributed by atoms with E-state index in [9.17, 15) is 15.0 Å². The van der Waals surface area contributed by atoms with Crippen LogP contribution in [-0.2, 0) is 4.79 Å². The summed E-state index contributed by atoms with van der Waals surface area (Å²) in [6.45, 7) is 8.67. The highest BCUT2D eigenvalue weighted by molar-refractivity contribution is 5.81. The summed E-state index contributed by atoms with van der Waals surface area (Å²) in [6, 6.07) is 0. The summed E-state index contributed by atoms with van der Waals surface area (Å²) in [4.78, 5) is 11.4. The fourth-order valence-electron chi connectivity index (χ4n) is 2.18. The molecule has 4 N–H and O–H groups in total. The molecule has 152 valence electrons. The highest BCUT2D eigenvalue weighted by Gasteiger charge is 2.34. The SMILES string of the molecule is CC#C/C=C\C=C\CC(O)/C=C(C)/C=C/C=C/C=C(\C)[C@@H](O)C(C)(C)C(N)=O. The molecule has 1 amide bonds. The molecule has 0 aliphatic rings. The first-order valence-corrected chi connectivity index (χ1v) is 9.22. The van der Waals surface area contributed by atoms with Gasteiger partial charge in [-0.25, -0.2) is 0 Å². The molecule has 0 aliphatic heterocycles. The Morgan fingerprint density at radius 2 is 1.79 bits per heavy atom. The third-order valence-corrected chi connectivity index (χ3v) is 4.09. The van der Waals surface area contributed by atoms with Crippen LogP contribution < -0.4 is 5.73 Å². The van der Waals surface area contributed by atoms with Crippen molar-refractivity contribution >= 4 is 5.91 Å². The highest BCUT2D eigenvalue weighted by atomic mass is 16.3. The topological polar surface area (TPSA) is 83.6 Å². The van der Waals surface area contributed by atoms with Crippen molar-refractivity contribution < 1.29 is 15.0 Å². The minimum absolute atomic E-state index is 0.528. The van der Waals surface area contributed by atoms with Crippen LogP contribution in [0.2, 0.25) is 0 Å². The van der Waals surface area contributed by atoms with Crippen LogP contribution in [0.1, 0.15) is 41.0 Å². The quantitative estimate of drug-likeness (QED) is 0.397. The number of allylic oxidation sites excluding steroid dienone is 9. The van der Waals surface area contributed by atoms with Gasteiger partial charge in [-0.15, -0.1) is 5.92 Å². The Bertz CT molecular complexity index is 738. The van der Waals surface area contributed by atoms with Crippen LogP contribution >= 0.6 is 0 Å². The van der Waals surface area contributed by atoms with Gasteiger partial charge < -0.3 is 15.9 Å². The molecule has 0 aromatic heterocycles. The van der Waals surface area contributed by atoms with E-state index in [4.69, 9.17) is 5.73 Å². The highest BCUT2D eigenvalue weighted by Crippen LogP contribution is 2.25. The molecule has 0 saturated heterocycles. The number of carbonyl (C=O) groups is 1. The van der Waals surface area contributed by atoms with Crippen LogP contribution in [0.15, 0.2) is 71.9 Å². The smallest absolute Gasteiger partial charge is 0.226 e. The van der Waals surface area contributed by atoms with E-state index in [2.05, 4.69) is 11.8 Å². The van der Waals surface area contributed by atoms with Crippen LogP contribution in [0.5, 0.6) is 0 Å². The van der Waals surface area contributed by atoms with Gasteiger partial charge in [0.05, 0.1) is 17.6 Å². The summed E-state index contributed by atoms with van der Waals surface area (Å²) < 4.78 is 0. The van der Waals surface area contributed by atoms with Crippen molar-refractivity contribution in [2.24, 2.45) is 11.1 Å². The number of hydrogen-bond donors (Lipinski definition) is 3. The summed E-state index contributed by atoms with van der Waals surface area (Å²) in [5.41, 5.74) is 5.89. The van der Waals surface area contributed by atoms with E-state index < -0.39 is 23.5 Å². The minimum atomic E-state index is -1.02. The van der Waals surface area contributed by atoms with E-state index in [0.717, 1.165) is 5.57 Å². The van der Waals surface area contributed by atoms with Crippen molar-refractivity contribution in [3.63, 3.8) is 0 Å². The number of nitrogens with two attached hydrogens (primary N) is 1. The van der Waals surface area contributed by atoms with Crippen LogP contribution in [0.25, 0.3) is 0 Å². The average molecular weight is 384 g/mol. The Morgan fingerprint density at radius 1 is 1.11 bits per heavy atom. The summed E-state index contributed by atoms with van der Waals surface area (Å²) in [7, 11) is 0. The van der Waals surface area contributed by atoms with Gasteiger partial charge >= 0.3 is 0 Å². The first kappa shape index (κ1) is 25.4. The second kappa shape index (κ2) is 13.5. The van der Waals surface area contributed by atoms with Gasteiger partial charge in [-0.05, 0) is 52.7 Å². The summed E-state index contributed by atoms with van der Waals surface area (Å²) >= 11 is 0. The molecule has 0 heterocycles. The first-order valence-electron chi connectivity index (χ1n) is 9.22. The Kier molecular flexibility index (Phi) is 12.3. The maximum absolute atomic E-state index is 11.4. The number of hydrogen-bond acceptors (Lipinski definition) is 3. The van der Waals surface area contributed by atoms with Gasteiger partial charge in [0.15, 0.2) is 0 Å². The normalized spacial score (nSPS) is 16.1. The fraction of sp³-hybridized carbons (Fsp3) is 0.375. The molecule has 28 heavy (non-hydrogen) atoms. The van der Waals surface area contributed by atoms with Crippen molar-refractivity contribution in [2.75, 3.05) is 0 Å². The Balaban J connectivity index is 4.64. The monoisotopic (exact) mass is 383 g/mol. The molecule has 0 spiro atoms. The number of amides is 1. The third kappa shape index (κ3) is 10.5. The zero-order chi connectivity index (χ0) is 21.6. The molecule has 0 bridgehead atoms. The van der Waals surface area contributed by atoms with Crippen molar-refractivity contribution in [3.05, 3.63) is 71.9 Å². The van der Waals surface area contributed by atoms with E-state index in [1.165, 1.54) is 0 Å². The molecular formula is C24H33NO3. The second-order valence-corrected chi connectivity index (χ2v) is 7.04. The largest absolute Gasteiger partial charge is 0.389 e. The van der Waals surface area contributed by atoms with Gasteiger partial charge in [0.1, 0.15) is 0 Å². The lowest BCUT2D eigenvalue weighted by Crippen LogP contribution is -2.42. The predicted octanol–water partition coefficient (Wildman–Crippen LogP) is 3.75. The van der Waals surface area contributed by atoms with Gasteiger partial charge in [-0.3, -0.25) is 4.79 Å². The first-order chi connectivity index (χ1) is 13.1. The van der Waals surface area contributed by atoms with Crippen molar-refractivity contribution in [1.29, 1.82) is 0 Å². The standard InChI is InChI=1S/C24H33NO3/c1-6-7-8-9-10-14-17-21(26)18-19(2)15-12-11-13-16-20(3)22(27)24(4,5)23(25)28/h8-16,18,21-22,26-27H,17H2,1-5H3,(H2,25,28)/b9-8-,13-11+,14-10+,15-12+,19-18+,20-16+/t21?,22-/m1/s1. The van der Waals surface area contributed by atoms with Crippen LogP contribution in [0.4, 0.5) is 0 Å². The molecule has 0 aromatic carbocycles. The summed E-state index contributed by atoms with van der Waals surface area (Å²) in [5.74, 6) is 5.04. The molecule has 0 aliphatic carbocycles. The van der Waals surface area contributed by atoms with Gasteiger partial charge in [-0.2, -0.15) is 0 Å². The zero-order valence-electron chi connectivity index (χ0n) is 17.5. The lowest BCUT2D eigenvalue weighted by molar-refractivity contribution is -0.130. The lowest BCUT2D eigenvalue weighted by Gasteiger charge is -2.27. The van der Waals surface area contributed by atoms with Gasteiger partial charge in [-0.1, -0.05) is 66.2 Å². The maximum Gasteiger partial charge on any atom is 0.226 e. The molecule has 0 aromatic rings. The average Bonchev–Trinajstić information content (AvgIpc) is 2.63. The van der Waals surface area contributed by atoms with E-state index in [0.29, 0.717) is 12.0 Å². The van der Waals surface area contributed by atoms with E-state index in [1.807, 2.05) is 43.4 Å². The molecule has 4 heteroatoms. The summed E-state index contributed by atoms with van der Waals surface area (Å²) in [6.07, 6.45) is 17.2. The van der Waals surface area contributed by atoms with Crippen molar-refractivity contribution in [2.45, 2.75) is 53.2 Å². The van der Waals surface area contributed by atoms with E-state index in [-0.39, 0.29) is 0 Å². The number of carbonyl (C=O) groups excluding carboxylic acids is 1. The van der Waals surface area contributed by atoms with Crippen LogP contribution in [-0.4, -0.2) is 28.3 Å². The van der Waals surface area contributed by atoms with E-state index >= 15 is 0 Å². The van der Waals surface area contributed by atoms with Gasteiger partial charge in [0.2, 0.25) is 5.91 Å². The number of aliphatic hydroxyl groups is 2. The number of aliphatic hydroxyl groups excluding tert-OH is 2. The van der Waals surface area contributed by atoms with Crippen LogP contribution in [0.3, 0.4) is 0 Å². The Morgan fingerprint density at radius 3 is 2.39 bits per heavy atom. The second-order valence-electron chi connectivity index (χ2n) is 7.04. The molecule has 4 nitrogen and oxygen atoms in total. The summed E-state index contributed by atoms with van der Waals surface area (Å²) in [5, 5.41) is 20.2. The minimum Gasteiger partial charge on any atom is -0.389 e. The lowest BCUT2D eigenvalue weighted by atomic mass is 9.82. The zero-order valence-corrected chi connectivity index (χ0v) is 17.5. The molecule has 0 fully saturated rings. The molecule has 2 atom stereocenters. The van der Waals surface area contributed by atoms with Crippen molar-refractivity contribution in [3.8, 4) is 11.8 Å². The molecule has 0 radical (unpaired) electrons. The number of primary amides is 1. The Hall–Kier alpha value is -2.61. The number of rotatable bonds is 10.